The van der Waals surface area contributed by atoms with E-state index in [9.17, 15) is 10.1 Å². The molecule has 1 fully saturated rings. The van der Waals surface area contributed by atoms with Gasteiger partial charge in [0, 0.05) is 37.7 Å². The van der Waals surface area contributed by atoms with Crippen LogP contribution in [0.15, 0.2) is 28.5 Å². The highest BCUT2D eigenvalue weighted by Crippen LogP contribution is 2.40. The van der Waals surface area contributed by atoms with Crippen LogP contribution in [0.2, 0.25) is 0 Å². The highest BCUT2D eigenvalue weighted by atomic mass is 32.2. The minimum Gasteiger partial charge on any atom is -0.486 e. The van der Waals surface area contributed by atoms with Gasteiger partial charge in [-0.05, 0) is 38.2 Å². The summed E-state index contributed by atoms with van der Waals surface area (Å²) in [6.07, 6.45) is 3.77. The topological polar surface area (TPSA) is 141 Å². The number of ether oxygens (including phenoxy) is 3. The molecule has 4 heterocycles. The van der Waals surface area contributed by atoms with E-state index in [0.29, 0.717) is 69.8 Å². The maximum atomic E-state index is 12.4. The number of nitriles is 1. The van der Waals surface area contributed by atoms with Crippen molar-refractivity contribution in [1.29, 1.82) is 5.26 Å². The Labute approximate surface area is 218 Å². The van der Waals surface area contributed by atoms with Crippen LogP contribution in [0.1, 0.15) is 31.7 Å². The van der Waals surface area contributed by atoms with Gasteiger partial charge in [0.1, 0.15) is 31.7 Å². The number of hydrogen-bond donors (Lipinski definition) is 1. The smallest absolute Gasteiger partial charge is 0.251 e. The molecule has 12 heteroatoms. The number of piperidine rings is 1. The number of aromatic nitrogens is 4. The maximum absolute atomic E-state index is 12.4. The Kier molecular flexibility index (Phi) is 7.34. The van der Waals surface area contributed by atoms with E-state index in [1.165, 1.54) is 18.1 Å². The zero-order chi connectivity index (χ0) is 25.9. The summed E-state index contributed by atoms with van der Waals surface area (Å²) in [5.74, 6) is 1.99. The van der Waals surface area contributed by atoms with Gasteiger partial charge in [0.2, 0.25) is 0 Å². The van der Waals surface area contributed by atoms with E-state index in [2.05, 4.69) is 16.0 Å². The molecule has 2 aliphatic rings. The van der Waals surface area contributed by atoms with Crippen LogP contribution in [0, 0.1) is 17.2 Å². The lowest BCUT2D eigenvalue weighted by Crippen LogP contribution is -2.43. The first-order valence-corrected chi connectivity index (χ1v) is 13.1. The molecule has 0 saturated carbocycles. The van der Waals surface area contributed by atoms with Gasteiger partial charge in [0.05, 0.1) is 5.56 Å². The Morgan fingerprint density at radius 2 is 2.00 bits per heavy atom. The minimum atomic E-state index is -0.419. The van der Waals surface area contributed by atoms with Crippen LogP contribution in [0.3, 0.4) is 0 Å². The molecular weight excluding hydrogens is 494 g/mol. The summed E-state index contributed by atoms with van der Waals surface area (Å²) in [6.45, 7) is 4.82. The third kappa shape index (κ3) is 5.14. The fourth-order valence-corrected chi connectivity index (χ4v) is 5.67. The quantitative estimate of drug-likeness (QED) is 0.491. The van der Waals surface area contributed by atoms with Gasteiger partial charge in [-0.1, -0.05) is 11.8 Å². The van der Waals surface area contributed by atoms with Crippen molar-refractivity contribution in [3.05, 3.63) is 24.0 Å². The number of aryl methyl sites for hydroxylation is 1. The Morgan fingerprint density at radius 3 is 2.70 bits per heavy atom. The van der Waals surface area contributed by atoms with E-state index >= 15 is 0 Å². The molecule has 0 spiro atoms. The van der Waals surface area contributed by atoms with E-state index in [4.69, 9.17) is 24.9 Å². The molecule has 37 heavy (non-hydrogen) atoms. The Morgan fingerprint density at radius 1 is 1.27 bits per heavy atom. The molecule has 1 aromatic carbocycles. The lowest BCUT2D eigenvalue weighted by atomic mass is 9.93. The number of imidazole rings is 1. The van der Waals surface area contributed by atoms with Crippen LogP contribution in [0.5, 0.6) is 11.5 Å². The number of likely N-dealkylation sites (tertiary alicyclic amines) is 1. The SMILES string of the molecule is CO[C@@H](C)C(=O)N1CCC(CCn2c(Sc3cc4c(cc3C#N)OCCO4)nc3c(N)ncnc32)CC1. The van der Waals surface area contributed by atoms with Crippen LogP contribution in [-0.4, -0.2) is 69.8 Å². The number of hydrogen-bond acceptors (Lipinski definition) is 10. The number of carbonyl (C=O) groups is 1. The number of rotatable bonds is 7. The minimum absolute atomic E-state index is 0.0418. The van der Waals surface area contributed by atoms with E-state index in [-0.39, 0.29) is 5.91 Å². The van der Waals surface area contributed by atoms with E-state index < -0.39 is 6.10 Å². The van der Waals surface area contributed by atoms with Crippen molar-refractivity contribution in [3.8, 4) is 17.6 Å². The molecule has 1 saturated heterocycles. The van der Waals surface area contributed by atoms with Crippen molar-refractivity contribution in [2.45, 2.75) is 48.9 Å². The van der Waals surface area contributed by atoms with Crippen LogP contribution in [0.4, 0.5) is 5.82 Å². The third-order valence-electron chi connectivity index (χ3n) is 6.88. The largest absolute Gasteiger partial charge is 0.486 e. The Balaban J connectivity index is 1.36. The summed E-state index contributed by atoms with van der Waals surface area (Å²) in [4.78, 5) is 28.4. The summed E-state index contributed by atoms with van der Waals surface area (Å²) >= 11 is 1.37. The molecule has 0 radical (unpaired) electrons. The normalized spacial score (nSPS) is 16.5. The van der Waals surface area contributed by atoms with Gasteiger partial charge >= 0.3 is 0 Å². The van der Waals surface area contributed by atoms with E-state index in [1.807, 2.05) is 15.5 Å². The van der Waals surface area contributed by atoms with Crippen molar-refractivity contribution >= 4 is 34.7 Å². The molecule has 194 valence electrons. The molecule has 2 N–H and O–H groups in total. The highest BCUT2D eigenvalue weighted by molar-refractivity contribution is 7.99. The highest BCUT2D eigenvalue weighted by Gasteiger charge is 2.27. The second kappa shape index (κ2) is 10.8. The number of amides is 1. The second-order valence-corrected chi connectivity index (χ2v) is 10.1. The molecule has 0 bridgehead atoms. The average molecular weight is 524 g/mol. The number of methoxy groups -OCH3 is 1. The fourth-order valence-electron chi connectivity index (χ4n) is 4.67. The number of fused-ring (bicyclic) bond motifs is 2. The molecule has 3 aromatic rings. The predicted molar refractivity (Wildman–Crippen MR) is 136 cm³/mol. The molecule has 0 unspecified atom stereocenters. The van der Waals surface area contributed by atoms with Gasteiger partial charge in [0.25, 0.3) is 5.91 Å². The Hall–Kier alpha value is -3.56. The predicted octanol–water partition coefficient (Wildman–Crippen LogP) is 2.87. The van der Waals surface area contributed by atoms with Gasteiger partial charge in [-0.15, -0.1) is 0 Å². The van der Waals surface area contributed by atoms with Gasteiger partial charge in [-0.3, -0.25) is 4.79 Å². The maximum Gasteiger partial charge on any atom is 0.251 e. The molecule has 11 nitrogen and oxygen atoms in total. The monoisotopic (exact) mass is 523 g/mol. The number of nitrogens with zero attached hydrogens (tertiary/aromatic N) is 6. The molecule has 2 aliphatic heterocycles. The molecule has 1 atom stereocenters. The summed E-state index contributed by atoms with van der Waals surface area (Å²) in [5.41, 5.74) is 7.80. The van der Waals surface area contributed by atoms with Crippen LogP contribution >= 0.6 is 11.8 Å². The zero-order valence-electron chi connectivity index (χ0n) is 20.8. The Bertz CT molecular complexity index is 1350. The van der Waals surface area contributed by atoms with Gasteiger partial charge in [0.15, 0.2) is 33.6 Å². The van der Waals surface area contributed by atoms with Crippen molar-refractivity contribution < 1.29 is 19.0 Å². The molecule has 1 amide bonds. The van der Waals surface area contributed by atoms with E-state index in [0.717, 1.165) is 32.4 Å². The summed E-state index contributed by atoms with van der Waals surface area (Å²) in [7, 11) is 1.56. The molecule has 5 rings (SSSR count). The summed E-state index contributed by atoms with van der Waals surface area (Å²) in [5, 5.41) is 10.4. The molecule has 0 aliphatic carbocycles. The van der Waals surface area contributed by atoms with E-state index in [1.54, 1.807) is 20.1 Å². The number of carbonyl (C=O) groups excluding carboxylic acids is 1. The van der Waals surface area contributed by atoms with Crippen molar-refractivity contribution in [2.75, 3.05) is 39.1 Å². The second-order valence-electron chi connectivity index (χ2n) is 9.12. The van der Waals surface area contributed by atoms with Crippen molar-refractivity contribution in [1.82, 2.24) is 24.4 Å². The van der Waals surface area contributed by atoms with Crippen LogP contribution < -0.4 is 15.2 Å². The molecule has 2 aromatic heterocycles. The first-order valence-electron chi connectivity index (χ1n) is 12.3. The average Bonchev–Trinajstić information content (AvgIpc) is 3.29. The first kappa shape index (κ1) is 25.1. The lowest BCUT2D eigenvalue weighted by Gasteiger charge is -2.33. The number of nitrogens with two attached hydrogens (primary N) is 1. The first-order chi connectivity index (χ1) is 18.0. The summed E-state index contributed by atoms with van der Waals surface area (Å²) < 4.78 is 18.6. The zero-order valence-corrected chi connectivity index (χ0v) is 21.7. The molecular formula is C25H29N7O4S. The van der Waals surface area contributed by atoms with Crippen molar-refractivity contribution in [3.63, 3.8) is 0 Å². The van der Waals surface area contributed by atoms with Gasteiger partial charge < -0.3 is 29.4 Å². The van der Waals surface area contributed by atoms with Crippen LogP contribution in [-0.2, 0) is 16.1 Å². The number of anilines is 1. The third-order valence-corrected chi connectivity index (χ3v) is 7.93. The summed E-state index contributed by atoms with van der Waals surface area (Å²) in [6, 6.07) is 5.78. The standard InChI is InChI=1S/C25H29N7O4S/c1-15(34-2)24(33)31-6-3-16(4-7-31)5-8-32-23-21(22(27)28-14-29-23)30-25(32)37-20-12-19-18(11-17(20)13-26)35-9-10-36-19/h11-12,14-16H,3-10H2,1-2H3,(H2,27,28,29)/t15-/m0/s1. The fraction of sp³-hybridized carbons (Fsp3) is 0.480. The number of nitrogen functional groups attached to an aromatic ring is 1. The lowest BCUT2D eigenvalue weighted by molar-refractivity contribution is -0.142. The number of benzene rings is 1. The van der Waals surface area contributed by atoms with Gasteiger partial charge in [-0.25, -0.2) is 15.0 Å². The van der Waals surface area contributed by atoms with Crippen LogP contribution in [0.25, 0.3) is 11.2 Å². The van der Waals surface area contributed by atoms with Crippen molar-refractivity contribution in [2.24, 2.45) is 5.92 Å². The van der Waals surface area contributed by atoms with Gasteiger partial charge in [-0.2, -0.15) is 5.26 Å².